The second-order valence-corrected chi connectivity index (χ2v) is 7.55. The van der Waals surface area contributed by atoms with E-state index in [-0.39, 0.29) is 23.8 Å². The predicted octanol–water partition coefficient (Wildman–Crippen LogP) is 0.486. The molecule has 0 aromatic carbocycles. The smallest absolute Gasteiger partial charge is 0.274 e. The lowest BCUT2D eigenvalue weighted by molar-refractivity contribution is -0.141. The number of carbonyl (C=O) groups excluding carboxylic acids is 2. The maximum absolute atomic E-state index is 13.0. The SMILES string of the molecule is Cc1cncc(C(=O)N2CC[C@H]3[C@H](CCCN3C(=O)[C@H](C)n3cnnn3)C2)n1. The maximum Gasteiger partial charge on any atom is 0.274 e. The first-order valence-corrected chi connectivity index (χ1v) is 9.65. The third kappa shape index (κ3) is 3.46. The van der Waals surface area contributed by atoms with Gasteiger partial charge in [-0.2, -0.15) is 0 Å². The minimum atomic E-state index is -0.434. The Hall–Kier alpha value is -2.91. The number of fused-ring (bicyclic) bond motifs is 1. The van der Waals surface area contributed by atoms with Gasteiger partial charge in [-0.25, -0.2) is 9.67 Å². The van der Waals surface area contributed by atoms with Crippen LogP contribution in [-0.4, -0.2) is 77.5 Å². The number of rotatable bonds is 3. The van der Waals surface area contributed by atoms with Crippen molar-refractivity contribution in [2.75, 3.05) is 19.6 Å². The molecule has 2 fully saturated rings. The summed E-state index contributed by atoms with van der Waals surface area (Å²) in [4.78, 5) is 38.1. The second kappa shape index (κ2) is 7.61. The highest BCUT2D eigenvalue weighted by Gasteiger charge is 2.40. The number of hydrogen-bond donors (Lipinski definition) is 0. The Balaban J connectivity index is 1.45. The van der Waals surface area contributed by atoms with Crippen LogP contribution in [0.15, 0.2) is 18.7 Å². The van der Waals surface area contributed by atoms with Gasteiger partial charge in [0.25, 0.3) is 5.91 Å². The molecule has 0 spiro atoms. The number of aryl methyl sites for hydroxylation is 1. The highest BCUT2D eigenvalue weighted by atomic mass is 16.2. The van der Waals surface area contributed by atoms with Crippen molar-refractivity contribution in [3.8, 4) is 0 Å². The molecule has 10 heteroatoms. The van der Waals surface area contributed by atoms with Gasteiger partial charge in [-0.3, -0.25) is 14.6 Å². The van der Waals surface area contributed by atoms with Crippen LogP contribution in [0, 0.1) is 12.8 Å². The molecule has 2 aliphatic rings. The van der Waals surface area contributed by atoms with E-state index < -0.39 is 6.04 Å². The van der Waals surface area contributed by atoms with Crippen molar-refractivity contribution in [1.82, 2.24) is 40.0 Å². The second-order valence-electron chi connectivity index (χ2n) is 7.55. The number of nitrogens with zero attached hydrogens (tertiary/aromatic N) is 8. The highest BCUT2D eigenvalue weighted by molar-refractivity contribution is 5.92. The summed E-state index contributed by atoms with van der Waals surface area (Å²) < 4.78 is 1.49. The van der Waals surface area contributed by atoms with E-state index in [1.54, 1.807) is 6.20 Å². The normalized spacial score (nSPS) is 23.2. The van der Waals surface area contributed by atoms with E-state index >= 15 is 0 Å². The van der Waals surface area contributed by atoms with E-state index in [2.05, 4.69) is 25.5 Å². The van der Waals surface area contributed by atoms with Gasteiger partial charge in [-0.05, 0) is 49.5 Å². The lowest BCUT2D eigenvalue weighted by Crippen LogP contribution is -2.57. The van der Waals surface area contributed by atoms with Crippen molar-refractivity contribution in [3.63, 3.8) is 0 Å². The Morgan fingerprint density at radius 2 is 2.07 bits per heavy atom. The lowest BCUT2D eigenvalue weighted by atomic mass is 9.83. The maximum atomic E-state index is 13.0. The van der Waals surface area contributed by atoms with E-state index in [1.807, 2.05) is 23.6 Å². The zero-order valence-electron chi connectivity index (χ0n) is 16.1. The molecule has 4 heterocycles. The van der Waals surface area contributed by atoms with Gasteiger partial charge in [0.2, 0.25) is 5.91 Å². The average molecular weight is 384 g/mol. The van der Waals surface area contributed by atoms with Crippen molar-refractivity contribution in [3.05, 3.63) is 30.1 Å². The fraction of sp³-hybridized carbons (Fsp3) is 0.611. The quantitative estimate of drug-likeness (QED) is 0.757. The van der Waals surface area contributed by atoms with Crippen LogP contribution in [0.1, 0.15) is 48.4 Å². The molecular weight excluding hydrogens is 360 g/mol. The third-order valence-electron chi connectivity index (χ3n) is 5.73. The molecule has 2 amide bonds. The number of piperidine rings is 2. The van der Waals surface area contributed by atoms with Crippen LogP contribution in [-0.2, 0) is 4.79 Å². The molecule has 0 aliphatic carbocycles. The van der Waals surface area contributed by atoms with E-state index in [9.17, 15) is 9.59 Å². The van der Waals surface area contributed by atoms with Gasteiger partial charge in [0.1, 0.15) is 18.1 Å². The molecule has 0 saturated carbocycles. The molecule has 2 saturated heterocycles. The Morgan fingerprint density at radius 1 is 1.21 bits per heavy atom. The van der Waals surface area contributed by atoms with Crippen molar-refractivity contribution >= 4 is 11.8 Å². The Morgan fingerprint density at radius 3 is 2.82 bits per heavy atom. The van der Waals surface area contributed by atoms with Gasteiger partial charge in [-0.1, -0.05) is 0 Å². The Labute approximate surface area is 162 Å². The van der Waals surface area contributed by atoms with Crippen molar-refractivity contribution in [2.45, 2.75) is 45.2 Å². The summed E-state index contributed by atoms with van der Waals surface area (Å²) in [5.41, 5.74) is 1.11. The summed E-state index contributed by atoms with van der Waals surface area (Å²) in [6.07, 6.45) is 7.34. The summed E-state index contributed by atoms with van der Waals surface area (Å²) in [6.45, 7) is 5.63. The number of carbonyl (C=O) groups is 2. The first-order chi connectivity index (χ1) is 13.5. The standard InChI is InChI=1S/C18H24N8O2/c1-12-8-19-9-15(21-12)18(28)24-7-5-16-14(10-24)4-3-6-25(16)17(27)13(2)26-11-20-22-23-26/h8-9,11,13-14,16H,3-7,10H2,1-2H3/t13-,14+,16-/m0/s1. The largest absolute Gasteiger partial charge is 0.337 e. The monoisotopic (exact) mass is 384 g/mol. The number of likely N-dealkylation sites (tertiary alicyclic amines) is 2. The molecule has 2 aromatic rings. The van der Waals surface area contributed by atoms with Crippen molar-refractivity contribution in [1.29, 1.82) is 0 Å². The lowest BCUT2D eigenvalue weighted by Gasteiger charge is -2.47. The molecule has 3 atom stereocenters. The topological polar surface area (TPSA) is 110 Å². The van der Waals surface area contributed by atoms with Crippen LogP contribution in [0.5, 0.6) is 0 Å². The first-order valence-electron chi connectivity index (χ1n) is 9.65. The minimum absolute atomic E-state index is 0.0336. The molecule has 28 heavy (non-hydrogen) atoms. The summed E-state index contributed by atoms with van der Waals surface area (Å²) in [6, 6.07) is -0.288. The first kappa shape index (κ1) is 18.5. The predicted molar refractivity (Wildman–Crippen MR) is 98.0 cm³/mol. The number of hydrogen-bond acceptors (Lipinski definition) is 7. The number of amides is 2. The number of tetrazole rings is 1. The number of aromatic nitrogens is 6. The highest BCUT2D eigenvalue weighted by Crippen LogP contribution is 2.32. The summed E-state index contributed by atoms with van der Waals surface area (Å²) in [5.74, 6) is 0.223. The van der Waals surface area contributed by atoms with Crippen LogP contribution in [0.4, 0.5) is 0 Å². The van der Waals surface area contributed by atoms with Gasteiger partial charge in [0.15, 0.2) is 0 Å². The van der Waals surface area contributed by atoms with E-state index in [1.165, 1.54) is 17.2 Å². The van der Waals surface area contributed by atoms with E-state index in [0.29, 0.717) is 18.8 Å². The van der Waals surface area contributed by atoms with Crippen molar-refractivity contribution in [2.24, 2.45) is 5.92 Å². The van der Waals surface area contributed by atoms with Crippen LogP contribution >= 0.6 is 0 Å². The van der Waals surface area contributed by atoms with Crippen molar-refractivity contribution < 1.29 is 9.59 Å². The van der Waals surface area contributed by atoms with E-state index in [0.717, 1.165) is 31.5 Å². The molecule has 0 radical (unpaired) electrons. The molecule has 2 aliphatic heterocycles. The van der Waals surface area contributed by atoms with E-state index in [4.69, 9.17) is 0 Å². The zero-order chi connectivity index (χ0) is 19.7. The van der Waals surface area contributed by atoms with Crippen LogP contribution in [0.25, 0.3) is 0 Å². The minimum Gasteiger partial charge on any atom is -0.337 e. The van der Waals surface area contributed by atoms with Gasteiger partial charge in [-0.15, -0.1) is 5.10 Å². The van der Waals surface area contributed by atoms with Gasteiger partial charge in [0, 0.05) is 31.9 Å². The molecule has 0 unspecified atom stereocenters. The molecule has 10 nitrogen and oxygen atoms in total. The zero-order valence-corrected chi connectivity index (χ0v) is 16.1. The molecule has 148 valence electrons. The van der Waals surface area contributed by atoms with Gasteiger partial charge >= 0.3 is 0 Å². The third-order valence-corrected chi connectivity index (χ3v) is 5.73. The molecule has 2 aromatic heterocycles. The fourth-order valence-corrected chi connectivity index (χ4v) is 4.29. The Bertz CT molecular complexity index is 855. The average Bonchev–Trinajstić information content (AvgIpc) is 3.26. The van der Waals surface area contributed by atoms with Gasteiger partial charge < -0.3 is 9.80 Å². The summed E-state index contributed by atoms with van der Waals surface area (Å²) >= 11 is 0. The molecule has 0 bridgehead atoms. The fourth-order valence-electron chi connectivity index (χ4n) is 4.29. The van der Waals surface area contributed by atoms with Crippen LogP contribution in [0.2, 0.25) is 0 Å². The molecular formula is C18H24N8O2. The van der Waals surface area contributed by atoms with Crippen LogP contribution < -0.4 is 0 Å². The summed E-state index contributed by atoms with van der Waals surface area (Å²) in [5, 5.41) is 11.1. The van der Waals surface area contributed by atoms with Crippen LogP contribution in [0.3, 0.4) is 0 Å². The molecule has 4 rings (SSSR count). The Kier molecular flexibility index (Phi) is 5.01. The van der Waals surface area contributed by atoms with Gasteiger partial charge in [0.05, 0.1) is 11.9 Å². The molecule has 0 N–H and O–H groups in total. The summed E-state index contributed by atoms with van der Waals surface area (Å²) in [7, 11) is 0.